The van der Waals surface area contributed by atoms with Crippen LogP contribution in [0.3, 0.4) is 0 Å². The maximum Gasteiger partial charge on any atom is 0.331 e. The number of aryl methyl sites for hydroxylation is 1. The molecule has 0 atom stereocenters. The number of carbonyl (C=O) groups excluding carboxylic acids is 1. The summed E-state index contributed by atoms with van der Waals surface area (Å²) < 4.78 is 44.0. The predicted molar refractivity (Wildman–Crippen MR) is 129 cm³/mol. The average Bonchev–Trinajstić information content (AvgIpc) is 3.17. The molecular formula is C24H29N3O6S. The molecule has 34 heavy (non-hydrogen) atoms. The molecule has 182 valence electrons. The number of benzene rings is 2. The van der Waals surface area contributed by atoms with Gasteiger partial charge in [-0.1, -0.05) is 6.92 Å². The average molecular weight is 488 g/mol. The van der Waals surface area contributed by atoms with E-state index < -0.39 is 16.0 Å². The minimum absolute atomic E-state index is 0.0527. The number of rotatable bonds is 10. The van der Waals surface area contributed by atoms with Crippen LogP contribution in [0, 0.1) is 0 Å². The van der Waals surface area contributed by atoms with Gasteiger partial charge in [0.1, 0.15) is 23.9 Å². The van der Waals surface area contributed by atoms with E-state index in [4.69, 9.17) is 14.2 Å². The summed E-state index contributed by atoms with van der Waals surface area (Å²) in [5.41, 5.74) is 1.98. The second-order valence-corrected chi connectivity index (χ2v) is 9.82. The van der Waals surface area contributed by atoms with Crippen molar-refractivity contribution in [2.24, 2.45) is 0 Å². The lowest BCUT2D eigenvalue weighted by molar-refractivity contribution is -0.139. The van der Waals surface area contributed by atoms with Crippen molar-refractivity contribution in [3.8, 4) is 11.5 Å². The van der Waals surface area contributed by atoms with E-state index >= 15 is 0 Å². The topological polar surface area (TPSA) is 100.0 Å². The van der Waals surface area contributed by atoms with Gasteiger partial charge in [-0.15, -0.1) is 0 Å². The van der Waals surface area contributed by atoms with Gasteiger partial charge in [0.15, 0.2) is 0 Å². The zero-order chi connectivity index (χ0) is 24.9. The molecule has 0 amide bonds. The Morgan fingerprint density at radius 2 is 1.88 bits per heavy atom. The molecule has 2 aromatic carbocycles. The van der Waals surface area contributed by atoms with Crippen molar-refractivity contribution in [1.29, 1.82) is 0 Å². The van der Waals surface area contributed by atoms with Gasteiger partial charge >= 0.3 is 5.97 Å². The predicted octanol–water partition coefficient (Wildman–Crippen LogP) is 3.47. The van der Waals surface area contributed by atoms with E-state index in [9.17, 15) is 13.2 Å². The van der Waals surface area contributed by atoms with Crippen LogP contribution in [0.4, 0.5) is 0 Å². The Labute approximate surface area is 199 Å². The molecule has 0 N–H and O–H groups in total. The zero-order valence-corrected chi connectivity index (χ0v) is 20.8. The molecule has 0 aliphatic heterocycles. The van der Waals surface area contributed by atoms with Crippen LogP contribution >= 0.6 is 0 Å². The molecule has 0 saturated heterocycles. The molecule has 0 saturated carbocycles. The van der Waals surface area contributed by atoms with Gasteiger partial charge in [-0.05, 0) is 48.9 Å². The number of ether oxygens (including phenoxy) is 3. The van der Waals surface area contributed by atoms with Crippen LogP contribution in [0.1, 0.15) is 24.7 Å². The van der Waals surface area contributed by atoms with E-state index in [1.165, 1.54) is 26.2 Å². The second-order valence-electron chi connectivity index (χ2n) is 7.67. The molecule has 3 rings (SSSR count). The minimum Gasteiger partial charge on any atom is -0.497 e. The summed E-state index contributed by atoms with van der Waals surface area (Å²) in [5, 5.41) is 0. The van der Waals surface area contributed by atoms with Gasteiger partial charge in [-0.2, -0.15) is 0 Å². The zero-order valence-electron chi connectivity index (χ0n) is 19.9. The van der Waals surface area contributed by atoms with Crippen molar-refractivity contribution in [1.82, 2.24) is 13.9 Å². The number of esters is 1. The Bertz CT molecular complexity index is 1310. The summed E-state index contributed by atoms with van der Waals surface area (Å²) in [7, 11) is 2.48. The van der Waals surface area contributed by atoms with Crippen molar-refractivity contribution in [2.75, 3.05) is 28.3 Å². The van der Waals surface area contributed by atoms with Crippen molar-refractivity contribution in [3.63, 3.8) is 0 Å². The van der Waals surface area contributed by atoms with Crippen LogP contribution in [-0.2, 0) is 32.7 Å². The second kappa shape index (κ2) is 10.7. The first-order valence-electron chi connectivity index (χ1n) is 10.7. The highest BCUT2D eigenvalue weighted by atomic mass is 32.2. The standard InChI is InChI=1S/C24H29N3O6S/c1-6-13-27-21-10-9-19(34(29,30)26(2)3)15-20(21)25-23(27)16-33-24(28)12-7-17-14-18(31-4)8-11-22(17)32-5/h7-12,14-15H,6,13,16H2,1-5H3/b12-7+. The van der Waals surface area contributed by atoms with E-state index in [0.29, 0.717) is 34.9 Å². The third-order valence-electron chi connectivity index (χ3n) is 5.20. The highest BCUT2D eigenvalue weighted by Gasteiger charge is 2.20. The summed E-state index contributed by atoms with van der Waals surface area (Å²) in [5.74, 6) is 1.23. The molecule has 0 bridgehead atoms. The van der Waals surface area contributed by atoms with E-state index in [1.54, 1.807) is 50.6 Å². The fourth-order valence-electron chi connectivity index (χ4n) is 3.43. The molecule has 0 aliphatic rings. The molecule has 0 radical (unpaired) electrons. The number of nitrogens with zero attached hydrogens (tertiary/aromatic N) is 3. The first-order chi connectivity index (χ1) is 16.2. The molecule has 3 aromatic rings. The molecule has 0 aliphatic carbocycles. The summed E-state index contributed by atoms with van der Waals surface area (Å²) in [6.45, 7) is 2.62. The Kier molecular flexibility index (Phi) is 7.95. The van der Waals surface area contributed by atoms with Crippen molar-refractivity contribution < 1.29 is 27.4 Å². The van der Waals surface area contributed by atoms with Gasteiger partial charge in [0.05, 0.1) is 30.1 Å². The number of methoxy groups -OCH3 is 2. The minimum atomic E-state index is -3.58. The molecule has 0 unspecified atom stereocenters. The monoisotopic (exact) mass is 487 g/mol. The fraction of sp³-hybridized carbons (Fsp3) is 0.333. The summed E-state index contributed by atoms with van der Waals surface area (Å²) in [6, 6.07) is 10.1. The number of sulfonamides is 1. The van der Waals surface area contributed by atoms with Crippen LogP contribution in [0.25, 0.3) is 17.1 Å². The van der Waals surface area contributed by atoms with Crippen molar-refractivity contribution in [3.05, 3.63) is 53.9 Å². The highest BCUT2D eigenvalue weighted by molar-refractivity contribution is 7.89. The van der Waals surface area contributed by atoms with Gasteiger partial charge in [0.2, 0.25) is 10.0 Å². The molecule has 1 aromatic heterocycles. The van der Waals surface area contributed by atoms with Gasteiger partial charge in [0.25, 0.3) is 0 Å². The molecule has 10 heteroatoms. The van der Waals surface area contributed by atoms with Crippen molar-refractivity contribution in [2.45, 2.75) is 31.4 Å². The Morgan fingerprint density at radius 1 is 1.12 bits per heavy atom. The van der Waals surface area contributed by atoms with Crippen molar-refractivity contribution >= 4 is 33.1 Å². The maximum atomic E-state index is 12.5. The maximum absolute atomic E-state index is 12.5. The number of carbonyl (C=O) groups is 1. The fourth-order valence-corrected chi connectivity index (χ4v) is 4.35. The molecular weight excluding hydrogens is 458 g/mol. The number of aromatic nitrogens is 2. The van der Waals surface area contributed by atoms with Crippen LogP contribution < -0.4 is 9.47 Å². The molecule has 9 nitrogen and oxygen atoms in total. The normalized spacial score (nSPS) is 11.9. The highest BCUT2D eigenvalue weighted by Crippen LogP contribution is 2.25. The van der Waals surface area contributed by atoms with Gasteiger partial charge < -0.3 is 18.8 Å². The number of hydrogen-bond donors (Lipinski definition) is 0. The first-order valence-corrected chi connectivity index (χ1v) is 12.1. The van der Waals surface area contributed by atoms with Crippen LogP contribution in [0.15, 0.2) is 47.4 Å². The van der Waals surface area contributed by atoms with Gasteiger partial charge in [-0.25, -0.2) is 22.5 Å². The number of imidazole rings is 1. The molecule has 0 fully saturated rings. The lowest BCUT2D eigenvalue weighted by atomic mass is 10.1. The van der Waals surface area contributed by atoms with Gasteiger partial charge in [-0.3, -0.25) is 0 Å². The van der Waals surface area contributed by atoms with Crippen LogP contribution in [0.5, 0.6) is 11.5 Å². The lowest BCUT2D eigenvalue weighted by Gasteiger charge is -2.11. The lowest BCUT2D eigenvalue weighted by Crippen LogP contribution is -2.22. The Hall–Kier alpha value is -3.37. The number of hydrogen-bond acceptors (Lipinski definition) is 7. The SMILES string of the molecule is CCCn1c(COC(=O)/C=C/c2cc(OC)ccc2OC)nc2cc(S(=O)(=O)N(C)C)ccc21. The molecule has 1 heterocycles. The number of fused-ring (bicyclic) bond motifs is 1. The van der Waals surface area contributed by atoms with Crippen LogP contribution in [0.2, 0.25) is 0 Å². The Balaban J connectivity index is 1.82. The van der Waals surface area contributed by atoms with Crippen LogP contribution in [-0.4, -0.2) is 56.6 Å². The Morgan fingerprint density at radius 3 is 2.53 bits per heavy atom. The summed E-state index contributed by atoms with van der Waals surface area (Å²) >= 11 is 0. The van der Waals surface area contributed by atoms with E-state index in [-0.39, 0.29) is 11.5 Å². The third kappa shape index (κ3) is 5.40. The smallest absolute Gasteiger partial charge is 0.331 e. The van der Waals surface area contributed by atoms with E-state index in [2.05, 4.69) is 4.98 Å². The third-order valence-corrected chi connectivity index (χ3v) is 7.01. The summed E-state index contributed by atoms with van der Waals surface area (Å²) in [4.78, 5) is 17.1. The molecule has 0 spiro atoms. The first kappa shape index (κ1) is 25.3. The van der Waals surface area contributed by atoms with Gasteiger partial charge in [0, 0.05) is 32.3 Å². The van der Waals surface area contributed by atoms with E-state index in [1.807, 2.05) is 11.5 Å². The summed E-state index contributed by atoms with van der Waals surface area (Å²) in [6.07, 6.45) is 3.74. The quantitative estimate of drug-likeness (QED) is 0.319. The van der Waals surface area contributed by atoms with E-state index in [0.717, 1.165) is 16.2 Å². The largest absolute Gasteiger partial charge is 0.497 e.